The average Bonchev–Trinajstić information content (AvgIpc) is 3.01. The van der Waals surface area contributed by atoms with Gasteiger partial charge < -0.3 is 19.9 Å². The summed E-state index contributed by atoms with van der Waals surface area (Å²) < 4.78 is 5.68. The molecule has 1 fully saturated rings. The van der Waals surface area contributed by atoms with Gasteiger partial charge in [0, 0.05) is 40.3 Å². The molecule has 0 aromatic carbocycles. The molecule has 2 heterocycles. The summed E-state index contributed by atoms with van der Waals surface area (Å²) in [6.45, 7) is 7.62. The van der Waals surface area contributed by atoms with E-state index in [1.165, 1.54) is 0 Å². The highest BCUT2D eigenvalue weighted by Gasteiger charge is 2.20. The fourth-order valence-corrected chi connectivity index (χ4v) is 2.46. The van der Waals surface area contributed by atoms with Crippen LogP contribution < -0.4 is 15.1 Å². The summed E-state index contributed by atoms with van der Waals surface area (Å²) in [6, 6.07) is 0. The minimum absolute atomic E-state index is 0.279. The van der Waals surface area contributed by atoms with Gasteiger partial charge in [0.05, 0.1) is 6.10 Å². The lowest BCUT2D eigenvalue weighted by Gasteiger charge is -2.24. The summed E-state index contributed by atoms with van der Waals surface area (Å²) >= 11 is 0. The molecule has 0 spiro atoms. The van der Waals surface area contributed by atoms with Crippen LogP contribution in [-0.4, -0.2) is 61.4 Å². The van der Waals surface area contributed by atoms with Crippen LogP contribution in [0, 0.1) is 0 Å². The third-order valence-electron chi connectivity index (χ3n) is 3.72. The van der Waals surface area contributed by atoms with E-state index in [1.54, 1.807) is 0 Å². The number of rotatable bonds is 7. The highest BCUT2D eigenvalue weighted by Crippen LogP contribution is 2.18. The fourth-order valence-electron chi connectivity index (χ4n) is 2.46. The van der Waals surface area contributed by atoms with E-state index in [-0.39, 0.29) is 6.10 Å². The van der Waals surface area contributed by atoms with E-state index < -0.39 is 0 Å². The fraction of sp³-hybridized carbons (Fsp3) is 0.786. The SMILES string of the molecule is CCN(CC)c1nc(NC)nc(N(C)CC2CCCO2)n1. The van der Waals surface area contributed by atoms with Gasteiger partial charge in [0.2, 0.25) is 17.8 Å². The van der Waals surface area contributed by atoms with Crippen molar-refractivity contribution in [3.8, 4) is 0 Å². The van der Waals surface area contributed by atoms with Gasteiger partial charge >= 0.3 is 0 Å². The molecule has 2 rings (SSSR count). The minimum atomic E-state index is 0.279. The standard InChI is InChI=1S/C14H26N6O/c1-5-20(6-2)14-17-12(15-3)16-13(18-14)19(4)10-11-8-7-9-21-11/h11H,5-10H2,1-4H3,(H,15,16,17,18). The Morgan fingerprint density at radius 2 is 1.90 bits per heavy atom. The lowest BCUT2D eigenvalue weighted by atomic mass is 10.2. The number of anilines is 3. The Morgan fingerprint density at radius 3 is 2.48 bits per heavy atom. The lowest BCUT2D eigenvalue weighted by Crippen LogP contribution is -2.31. The van der Waals surface area contributed by atoms with Crippen LogP contribution in [0.25, 0.3) is 0 Å². The zero-order valence-electron chi connectivity index (χ0n) is 13.5. The molecule has 118 valence electrons. The first-order chi connectivity index (χ1) is 10.2. The van der Waals surface area contributed by atoms with Crippen molar-refractivity contribution in [3.05, 3.63) is 0 Å². The molecule has 1 unspecified atom stereocenters. The van der Waals surface area contributed by atoms with E-state index in [1.807, 2.05) is 19.0 Å². The van der Waals surface area contributed by atoms with Crippen molar-refractivity contribution in [2.75, 3.05) is 55.5 Å². The quantitative estimate of drug-likeness (QED) is 0.814. The van der Waals surface area contributed by atoms with Crippen LogP contribution in [0.1, 0.15) is 26.7 Å². The molecule has 7 nitrogen and oxygen atoms in total. The van der Waals surface area contributed by atoms with Crippen molar-refractivity contribution in [2.24, 2.45) is 0 Å². The van der Waals surface area contributed by atoms with Crippen molar-refractivity contribution in [1.29, 1.82) is 0 Å². The molecule has 7 heteroatoms. The van der Waals surface area contributed by atoms with Gasteiger partial charge in [-0.05, 0) is 26.7 Å². The molecule has 0 bridgehead atoms. The van der Waals surface area contributed by atoms with E-state index in [2.05, 4.69) is 39.0 Å². The summed E-state index contributed by atoms with van der Waals surface area (Å²) in [5, 5.41) is 3.01. The molecular weight excluding hydrogens is 268 g/mol. The molecule has 1 aliphatic heterocycles. The van der Waals surface area contributed by atoms with Gasteiger partial charge in [-0.25, -0.2) is 0 Å². The van der Waals surface area contributed by atoms with Crippen LogP contribution in [-0.2, 0) is 4.74 Å². The second-order valence-corrected chi connectivity index (χ2v) is 5.20. The van der Waals surface area contributed by atoms with Gasteiger partial charge in [0.1, 0.15) is 0 Å². The Hall–Kier alpha value is -1.63. The molecule has 21 heavy (non-hydrogen) atoms. The summed E-state index contributed by atoms with van der Waals surface area (Å²) in [7, 11) is 3.83. The van der Waals surface area contributed by atoms with Crippen molar-refractivity contribution >= 4 is 17.8 Å². The Balaban J connectivity index is 2.18. The number of hydrogen-bond donors (Lipinski definition) is 1. The second-order valence-electron chi connectivity index (χ2n) is 5.20. The molecule has 1 saturated heterocycles. The predicted octanol–water partition coefficient (Wildman–Crippen LogP) is 1.37. The van der Waals surface area contributed by atoms with Gasteiger partial charge in [-0.3, -0.25) is 0 Å². The maximum Gasteiger partial charge on any atom is 0.231 e. The Bertz CT molecular complexity index is 445. The van der Waals surface area contributed by atoms with Crippen LogP contribution in [0.5, 0.6) is 0 Å². The van der Waals surface area contributed by atoms with Gasteiger partial charge in [-0.15, -0.1) is 0 Å². The van der Waals surface area contributed by atoms with Crippen LogP contribution >= 0.6 is 0 Å². The van der Waals surface area contributed by atoms with Crippen LogP contribution in [0.4, 0.5) is 17.8 Å². The van der Waals surface area contributed by atoms with Crippen molar-refractivity contribution < 1.29 is 4.74 Å². The summed E-state index contributed by atoms with van der Waals surface area (Å²) in [5.74, 6) is 2.00. The van der Waals surface area contributed by atoms with Gasteiger partial charge in [-0.2, -0.15) is 15.0 Å². The van der Waals surface area contributed by atoms with E-state index in [0.29, 0.717) is 17.8 Å². The number of nitrogens with one attached hydrogen (secondary N) is 1. The summed E-state index contributed by atoms with van der Waals surface area (Å²) in [5.41, 5.74) is 0. The molecule has 0 radical (unpaired) electrons. The van der Waals surface area contributed by atoms with E-state index in [9.17, 15) is 0 Å². The molecule has 0 saturated carbocycles. The maximum atomic E-state index is 5.68. The summed E-state index contributed by atoms with van der Waals surface area (Å²) in [4.78, 5) is 17.7. The van der Waals surface area contributed by atoms with Crippen LogP contribution in [0.2, 0.25) is 0 Å². The number of ether oxygens (including phenoxy) is 1. The number of hydrogen-bond acceptors (Lipinski definition) is 7. The lowest BCUT2D eigenvalue weighted by molar-refractivity contribution is 0.116. The molecule has 1 aromatic rings. The Labute approximate surface area is 126 Å². The van der Waals surface area contributed by atoms with E-state index >= 15 is 0 Å². The Morgan fingerprint density at radius 1 is 1.19 bits per heavy atom. The first kappa shape index (κ1) is 15.8. The monoisotopic (exact) mass is 294 g/mol. The van der Waals surface area contributed by atoms with Crippen molar-refractivity contribution in [1.82, 2.24) is 15.0 Å². The molecule has 1 atom stereocenters. The first-order valence-electron chi connectivity index (χ1n) is 7.69. The minimum Gasteiger partial charge on any atom is -0.376 e. The highest BCUT2D eigenvalue weighted by atomic mass is 16.5. The van der Waals surface area contributed by atoms with E-state index in [0.717, 1.165) is 39.1 Å². The third kappa shape index (κ3) is 3.93. The zero-order valence-corrected chi connectivity index (χ0v) is 13.5. The number of nitrogens with zero attached hydrogens (tertiary/aromatic N) is 5. The van der Waals surface area contributed by atoms with Gasteiger partial charge in [-0.1, -0.05) is 0 Å². The van der Waals surface area contributed by atoms with Crippen LogP contribution in [0.15, 0.2) is 0 Å². The third-order valence-corrected chi connectivity index (χ3v) is 3.72. The highest BCUT2D eigenvalue weighted by molar-refractivity contribution is 5.44. The van der Waals surface area contributed by atoms with Crippen molar-refractivity contribution in [3.63, 3.8) is 0 Å². The average molecular weight is 294 g/mol. The number of likely N-dealkylation sites (N-methyl/N-ethyl adjacent to an activating group) is 1. The van der Waals surface area contributed by atoms with Crippen LogP contribution in [0.3, 0.4) is 0 Å². The largest absolute Gasteiger partial charge is 0.376 e. The Kier molecular flexibility index (Phi) is 5.55. The van der Waals surface area contributed by atoms with E-state index in [4.69, 9.17) is 4.74 Å². The first-order valence-corrected chi connectivity index (χ1v) is 7.69. The molecule has 1 N–H and O–H groups in total. The second kappa shape index (κ2) is 7.40. The number of aromatic nitrogens is 3. The normalized spacial score (nSPS) is 17.8. The topological polar surface area (TPSA) is 66.4 Å². The molecule has 0 amide bonds. The van der Waals surface area contributed by atoms with Crippen molar-refractivity contribution in [2.45, 2.75) is 32.8 Å². The maximum absolute atomic E-state index is 5.68. The zero-order chi connectivity index (χ0) is 15.2. The molecule has 1 aliphatic rings. The molecule has 0 aliphatic carbocycles. The smallest absolute Gasteiger partial charge is 0.231 e. The van der Waals surface area contributed by atoms with Gasteiger partial charge in [0.25, 0.3) is 0 Å². The predicted molar refractivity (Wildman–Crippen MR) is 85.2 cm³/mol. The summed E-state index contributed by atoms with van der Waals surface area (Å²) in [6.07, 6.45) is 2.53. The molecular formula is C14H26N6O. The molecule has 1 aromatic heterocycles. The van der Waals surface area contributed by atoms with Gasteiger partial charge in [0.15, 0.2) is 0 Å².